The summed E-state index contributed by atoms with van der Waals surface area (Å²) in [5, 5.41) is 16.3. The van der Waals surface area contributed by atoms with E-state index in [1.54, 1.807) is 29.8 Å². The van der Waals surface area contributed by atoms with Crippen LogP contribution in [0.4, 0.5) is 11.4 Å². The minimum atomic E-state index is -0.136. The van der Waals surface area contributed by atoms with Crippen LogP contribution in [0.5, 0.6) is 0 Å². The van der Waals surface area contributed by atoms with Crippen molar-refractivity contribution in [2.75, 3.05) is 16.4 Å². The van der Waals surface area contributed by atoms with E-state index in [-0.39, 0.29) is 17.6 Å². The second-order valence-electron chi connectivity index (χ2n) is 8.08. The maximum Gasteiger partial charge on any atom is 0.234 e. The molecular formula is C23H24N6O2S2. The highest BCUT2D eigenvalue weighted by Gasteiger charge is 2.21. The van der Waals surface area contributed by atoms with Gasteiger partial charge in [0.2, 0.25) is 11.8 Å². The van der Waals surface area contributed by atoms with Crippen LogP contribution in [0.3, 0.4) is 0 Å². The van der Waals surface area contributed by atoms with Gasteiger partial charge in [0.25, 0.3) is 0 Å². The maximum absolute atomic E-state index is 12.6. The molecule has 1 aliphatic rings. The van der Waals surface area contributed by atoms with E-state index in [1.165, 1.54) is 35.0 Å². The molecule has 2 N–H and O–H groups in total. The highest BCUT2D eigenvalue weighted by atomic mass is 32.2. The van der Waals surface area contributed by atoms with Crippen LogP contribution in [0, 0.1) is 6.92 Å². The summed E-state index contributed by atoms with van der Waals surface area (Å²) in [5.74, 6) is 0.0264. The van der Waals surface area contributed by atoms with Crippen molar-refractivity contribution in [2.24, 2.45) is 0 Å². The molecule has 0 saturated heterocycles. The summed E-state index contributed by atoms with van der Waals surface area (Å²) >= 11 is 3.10. The van der Waals surface area contributed by atoms with Crippen molar-refractivity contribution < 1.29 is 9.59 Å². The Bertz CT molecular complexity index is 1380. The lowest BCUT2D eigenvalue weighted by Gasteiger charge is -2.10. The van der Waals surface area contributed by atoms with Gasteiger partial charge in [0, 0.05) is 22.7 Å². The van der Waals surface area contributed by atoms with Crippen molar-refractivity contribution in [3.63, 3.8) is 0 Å². The Morgan fingerprint density at radius 2 is 2.00 bits per heavy atom. The maximum atomic E-state index is 12.6. The summed E-state index contributed by atoms with van der Waals surface area (Å²) < 4.78 is 1.89. The van der Waals surface area contributed by atoms with Gasteiger partial charge in [-0.2, -0.15) is 0 Å². The number of thiophene rings is 1. The van der Waals surface area contributed by atoms with Crippen LogP contribution < -0.4 is 10.6 Å². The van der Waals surface area contributed by atoms with Crippen molar-refractivity contribution in [3.8, 4) is 0 Å². The first-order valence-corrected chi connectivity index (χ1v) is 12.8. The van der Waals surface area contributed by atoms with Crippen LogP contribution in [0.15, 0.2) is 29.7 Å². The predicted octanol–water partition coefficient (Wildman–Crippen LogP) is 4.61. The average Bonchev–Trinajstić information content (AvgIpc) is 3.40. The fourth-order valence-electron chi connectivity index (χ4n) is 4.08. The van der Waals surface area contributed by atoms with Crippen molar-refractivity contribution in [2.45, 2.75) is 51.1 Å². The lowest BCUT2D eigenvalue weighted by atomic mass is 9.97. The van der Waals surface area contributed by atoms with E-state index in [0.29, 0.717) is 17.3 Å². The average molecular weight is 481 g/mol. The summed E-state index contributed by atoms with van der Waals surface area (Å²) in [6.45, 7) is 3.71. The quantitative estimate of drug-likeness (QED) is 0.391. The zero-order valence-electron chi connectivity index (χ0n) is 18.5. The molecule has 0 fully saturated rings. The van der Waals surface area contributed by atoms with Gasteiger partial charge in [-0.25, -0.2) is 4.98 Å². The zero-order chi connectivity index (χ0) is 22.9. The largest absolute Gasteiger partial charge is 0.326 e. The number of aryl methyl sites for hydroxylation is 3. The van der Waals surface area contributed by atoms with Gasteiger partial charge < -0.3 is 10.6 Å². The van der Waals surface area contributed by atoms with Crippen LogP contribution in [-0.2, 0) is 22.4 Å². The molecule has 1 aliphatic carbocycles. The Morgan fingerprint density at radius 3 is 2.82 bits per heavy atom. The summed E-state index contributed by atoms with van der Waals surface area (Å²) in [6.07, 6.45) is 6.78. The third-order valence-corrected chi connectivity index (χ3v) is 7.91. The van der Waals surface area contributed by atoms with Gasteiger partial charge in [-0.15, -0.1) is 21.5 Å². The molecule has 0 unspecified atom stereocenters. The molecule has 10 heteroatoms. The summed E-state index contributed by atoms with van der Waals surface area (Å²) in [5.41, 5.74) is 4.52. The molecule has 4 aromatic rings. The van der Waals surface area contributed by atoms with Gasteiger partial charge in [0.05, 0.1) is 11.1 Å². The van der Waals surface area contributed by atoms with Crippen LogP contribution in [0.25, 0.3) is 15.9 Å². The third kappa shape index (κ3) is 4.32. The molecule has 5 rings (SSSR count). The van der Waals surface area contributed by atoms with E-state index in [4.69, 9.17) is 0 Å². The molecule has 0 saturated carbocycles. The van der Waals surface area contributed by atoms with Crippen molar-refractivity contribution in [3.05, 3.63) is 40.5 Å². The number of carbonyl (C=O) groups is 2. The number of carbonyl (C=O) groups excluding carboxylic acids is 2. The lowest BCUT2D eigenvalue weighted by Crippen LogP contribution is -2.15. The second kappa shape index (κ2) is 9.11. The summed E-state index contributed by atoms with van der Waals surface area (Å²) in [4.78, 5) is 31.3. The molecule has 0 atom stereocenters. The number of fused-ring (bicyclic) bond motifs is 5. The summed E-state index contributed by atoms with van der Waals surface area (Å²) in [7, 11) is 0. The van der Waals surface area contributed by atoms with E-state index >= 15 is 0 Å². The number of amides is 2. The minimum absolute atomic E-state index is 0.0402. The Morgan fingerprint density at radius 1 is 1.15 bits per heavy atom. The Kier molecular flexibility index (Phi) is 6.03. The zero-order valence-corrected chi connectivity index (χ0v) is 20.1. The van der Waals surface area contributed by atoms with Gasteiger partial charge in [-0.05, 0) is 61.9 Å². The first kappa shape index (κ1) is 21.8. The van der Waals surface area contributed by atoms with Gasteiger partial charge in [0.15, 0.2) is 10.8 Å². The fraction of sp³-hybridized carbons (Fsp3) is 0.348. The summed E-state index contributed by atoms with van der Waals surface area (Å²) in [6, 6.07) is 5.44. The van der Waals surface area contributed by atoms with Crippen molar-refractivity contribution in [1.29, 1.82) is 0 Å². The highest BCUT2D eigenvalue weighted by Crippen LogP contribution is 2.37. The SMILES string of the molecule is CCC(=O)Nc1ccc(NC(=O)CSc2nnc3c4c5c(sc4ncn23)CCCC5)cc1C. The third-order valence-electron chi connectivity index (χ3n) is 5.77. The molecule has 0 spiro atoms. The van der Waals surface area contributed by atoms with Crippen molar-refractivity contribution in [1.82, 2.24) is 19.6 Å². The Balaban J connectivity index is 1.28. The number of aromatic nitrogens is 4. The standard InChI is InChI=1S/C23H24N6O2S2/c1-3-18(30)26-16-9-8-14(10-13(16)2)25-19(31)11-32-23-28-27-21-20-15-6-4-5-7-17(15)33-22(20)24-12-29(21)23/h8-10,12H,3-7,11H2,1-2H3,(H,25,31)(H,26,30). The number of hydrogen-bond acceptors (Lipinski definition) is 7. The molecule has 8 nitrogen and oxygen atoms in total. The number of benzene rings is 1. The van der Waals surface area contributed by atoms with Crippen LogP contribution in [0.2, 0.25) is 0 Å². The molecule has 3 aromatic heterocycles. The minimum Gasteiger partial charge on any atom is -0.326 e. The van der Waals surface area contributed by atoms with E-state index in [1.807, 2.05) is 24.3 Å². The molecular weight excluding hydrogens is 456 g/mol. The topological polar surface area (TPSA) is 101 Å². The number of rotatable bonds is 6. The van der Waals surface area contributed by atoms with Gasteiger partial charge in [-0.1, -0.05) is 18.7 Å². The van der Waals surface area contributed by atoms with E-state index in [0.717, 1.165) is 40.0 Å². The second-order valence-corrected chi connectivity index (χ2v) is 10.1. The monoisotopic (exact) mass is 480 g/mol. The van der Waals surface area contributed by atoms with E-state index in [9.17, 15) is 9.59 Å². The first-order chi connectivity index (χ1) is 16.0. The number of anilines is 2. The normalized spacial score (nSPS) is 13.3. The number of nitrogens with one attached hydrogen (secondary N) is 2. The van der Waals surface area contributed by atoms with E-state index < -0.39 is 0 Å². The molecule has 170 valence electrons. The highest BCUT2D eigenvalue weighted by molar-refractivity contribution is 7.99. The Labute approximate surface area is 199 Å². The van der Waals surface area contributed by atoms with Crippen molar-refractivity contribution >= 4 is 62.2 Å². The molecule has 0 aliphatic heterocycles. The molecule has 0 bridgehead atoms. The molecule has 2 amide bonds. The lowest BCUT2D eigenvalue weighted by molar-refractivity contribution is -0.116. The molecule has 1 aromatic carbocycles. The van der Waals surface area contributed by atoms with Crippen LogP contribution in [0.1, 0.15) is 42.2 Å². The number of nitrogens with zero attached hydrogens (tertiary/aromatic N) is 4. The first-order valence-electron chi connectivity index (χ1n) is 11.0. The van der Waals surface area contributed by atoms with Crippen LogP contribution in [-0.4, -0.2) is 37.1 Å². The van der Waals surface area contributed by atoms with Gasteiger partial charge in [-0.3, -0.25) is 14.0 Å². The fourth-order valence-corrected chi connectivity index (χ4v) is 6.01. The predicted molar refractivity (Wildman–Crippen MR) is 132 cm³/mol. The number of hydrogen-bond donors (Lipinski definition) is 2. The number of thioether (sulfide) groups is 1. The smallest absolute Gasteiger partial charge is 0.234 e. The van der Waals surface area contributed by atoms with Gasteiger partial charge in [0.1, 0.15) is 11.2 Å². The van der Waals surface area contributed by atoms with Crippen LogP contribution >= 0.6 is 23.1 Å². The molecule has 33 heavy (non-hydrogen) atoms. The van der Waals surface area contributed by atoms with Gasteiger partial charge >= 0.3 is 0 Å². The Hall–Kier alpha value is -2.98. The molecule has 0 radical (unpaired) electrons. The molecule has 3 heterocycles. The van der Waals surface area contributed by atoms with E-state index in [2.05, 4.69) is 25.8 Å².